The smallest absolute Gasteiger partial charge is 0.649 e. The molecule has 0 aromatic rings. The fraction of sp³-hybridized carbons (Fsp3) is 0.667. The van der Waals surface area contributed by atoms with Crippen molar-refractivity contribution < 1.29 is 69.7 Å². The Balaban J connectivity index is 0. The fourth-order valence-corrected chi connectivity index (χ4v) is 0.887. The van der Waals surface area contributed by atoms with E-state index in [0.717, 1.165) is 0 Å². The average Bonchev–Trinajstić information content (AvgIpc) is 1.59. The van der Waals surface area contributed by atoms with Gasteiger partial charge in [0.1, 0.15) is 0 Å². The van der Waals surface area contributed by atoms with E-state index >= 15 is 0 Å². The molecule has 0 aromatic carbocycles. The molecule has 0 aliphatic carbocycles. The number of carboxylic acid groups (broad SMARTS) is 1. The van der Waals surface area contributed by atoms with Gasteiger partial charge in [0.2, 0.25) is 0 Å². The molecular formula is C3H5KO4S2. The minimum Gasteiger partial charge on any atom is -0.649 e. The van der Waals surface area contributed by atoms with Crippen LogP contribution in [0.15, 0.2) is 0 Å². The van der Waals surface area contributed by atoms with E-state index in [2.05, 4.69) is 11.7 Å². The van der Waals surface area contributed by atoms with Gasteiger partial charge >= 0.3 is 57.4 Å². The van der Waals surface area contributed by atoms with Crippen molar-refractivity contribution in [2.24, 2.45) is 0 Å². The van der Waals surface area contributed by atoms with E-state index in [1.807, 2.05) is 0 Å². The SMILES string of the molecule is O=C(O)CCS(=O)(=O)[S-].[K+]. The number of hydrogen-bond acceptors (Lipinski definition) is 4. The van der Waals surface area contributed by atoms with Crippen LogP contribution in [0.5, 0.6) is 0 Å². The summed E-state index contributed by atoms with van der Waals surface area (Å²) in [5.74, 6) is -1.61. The Hall–Kier alpha value is 1.41. The van der Waals surface area contributed by atoms with E-state index in [1.165, 1.54) is 0 Å². The van der Waals surface area contributed by atoms with Crippen LogP contribution in [-0.4, -0.2) is 25.2 Å². The van der Waals surface area contributed by atoms with E-state index in [1.54, 1.807) is 0 Å². The molecule has 54 valence electrons. The Morgan fingerprint density at radius 2 is 1.90 bits per heavy atom. The molecule has 0 bridgehead atoms. The summed E-state index contributed by atoms with van der Waals surface area (Å²) in [4.78, 5) is 9.74. The van der Waals surface area contributed by atoms with Crippen LogP contribution in [-0.2, 0) is 25.3 Å². The van der Waals surface area contributed by atoms with E-state index in [0.29, 0.717) is 0 Å². The molecule has 0 radical (unpaired) electrons. The molecule has 0 spiro atoms. The molecular weight excluding hydrogens is 203 g/mol. The van der Waals surface area contributed by atoms with Crippen molar-refractivity contribution >= 4 is 26.5 Å². The quantitative estimate of drug-likeness (QED) is 0.294. The number of carboxylic acids is 1. The van der Waals surface area contributed by atoms with Crippen molar-refractivity contribution in [3.63, 3.8) is 0 Å². The Kier molecular flexibility index (Phi) is 8.35. The van der Waals surface area contributed by atoms with Crippen LogP contribution >= 0.6 is 0 Å². The van der Waals surface area contributed by atoms with Gasteiger partial charge in [0, 0.05) is 14.6 Å². The summed E-state index contributed by atoms with van der Waals surface area (Å²) in [5, 5.41) is 7.97. The predicted molar refractivity (Wildman–Crippen MR) is 33.4 cm³/mol. The van der Waals surface area contributed by atoms with Crippen LogP contribution in [0.3, 0.4) is 0 Å². The zero-order chi connectivity index (χ0) is 7.49. The second-order valence-electron chi connectivity index (χ2n) is 1.41. The Morgan fingerprint density at radius 3 is 2.00 bits per heavy atom. The third-order valence-electron chi connectivity index (χ3n) is 0.566. The van der Waals surface area contributed by atoms with Crippen LogP contribution in [0.25, 0.3) is 0 Å². The summed E-state index contributed by atoms with van der Waals surface area (Å²) in [6.07, 6.45) is -0.411. The largest absolute Gasteiger partial charge is 1.00 e. The molecule has 0 aliphatic rings. The summed E-state index contributed by atoms with van der Waals surface area (Å²) < 4.78 is 20.2. The molecule has 0 amide bonds. The summed E-state index contributed by atoms with van der Waals surface area (Å²) in [5.41, 5.74) is 0. The molecule has 0 saturated carbocycles. The summed E-state index contributed by atoms with van der Waals surface area (Å²) >= 11 is 3.91. The van der Waals surface area contributed by atoms with Gasteiger partial charge in [-0.1, -0.05) is 0 Å². The summed E-state index contributed by atoms with van der Waals surface area (Å²) in [7, 11) is -3.52. The van der Waals surface area contributed by atoms with Gasteiger partial charge in [-0.15, -0.1) is 0 Å². The van der Waals surface area contributed by atoms with Crippen LogP contribution in [0, 0.1) is 0 Å². The van der Waals surface area contributed by atoms with Crippen LogP contribution in [0.2, 0.25) is 0 Å². The van der Waals surface area contributed by atoms with Gasteiger partial charge < -0.3 is 16.8 Å². The van der Waals surface area contributed by atoms with Gasteiger partial charge in [-0.05, 0) is 0 Å². The average molecular weight is 208 g/mol. The van der Waals surface area contributed by atoms with Crippen molar-refractivity contribution in [3.05, 3.63) is 0 Å². The van der Waals surface area contributed by atoms with Crippen molar-refractivity contribution in [3.8, 4) is 0 Å². The Labute approximate surface area is 107 Å². The molecule has 0 fully saturated rings. The predicted octanol–water partition coefficient (Wildman–Crippen LogP) is -3.66. The molecule has 0 unspecified atom stereocenters. The zero-order valence-electron chi connectivity index (χ0n) is 5.40. The first-order chi connectivity index (χ1) is 3.92. The van der Waals surface area contributed by atoms with Crippen molar-refractivity contribution in [1.29, 1.82) is 0 Å². The van der Waals surface area contributed by atoms with Crippen LogP contribution in [0.1, 0.15) is 6.42 Å². The Bertz CT molecular complexity index is 197. The van der Waals surface area contributed by atoms with E-state index < -0.39 is 27.0 Å². The van der Waals surface area contributed by atoms with Gasteiger partial charge in [-0.25, -0.2) is 0 Å². The van der Waals surface area contributed by atoms with E-state index in [4.69, 9.17) is 5.11 Å². The molecule has 0 saturated heterocycles. The second kappa shape index (κ2) is 5.98. The maximum atomic E-state index is 10.1. The molecule has 7 heteroatoms. The van der Waals surface area contributed by atoms with E-state index in [-0.39, 0.29) is 51.4 Å². The molecule has 4 nitrogen and oxygen atoms in total. The molecule has 10 heavy (non-hydrogen) atoms. The first-order valence-corrected chi connectivity index (χ1v) is 4.65. The monoisotopic (exact) mass is 208 g/mol. The van der Waals surface area contributed by atoms with E-state index in [9.17, 15) is 13.2 Å². The third kappa shape index (κ3) is 12.1. The normalized spacial score (nSPS) is 10.1. The Morgan fingerprint density at radius 1 is 1.50 bits per heavy atom. The zero-order valence-corrected chi connectivity index (χ0v) is 10.2. The number of carbonyl (C=O) groups is 1. The first-order valence-electron chi connectivity index (χ1n) is 2.07. The van der Waals surface area contributed by atoms with Crippen LogP contribution in [0.4, 0.5) is 0 Å². The van der Waals surface area contributed by atoms with Crippen molar-refractivity contribution in [2.45, 2.75) is 6.42 Å². The van der Waals surface area contributed by atoms with Crippen LogP contribution < -0.4 is 51.4 Å². The molecule has 0 rings (SSSR count). The topological polar surface area (TPSA) is 71.4 Å². The van der Waals surface area contributed by atoms with Gasteiger partial charge in [0.05, 0.1) is 6.42 Å². The third-order valence-corrected chi connectivity index (χ3v) is 1.77. The van der Waals surface area contributed by atoms with Gasteiger partial charge in [0.15, 0.2) is 0 Å². The van der Waals surface area contributed by atoms with Gasteiger partial charge in [-0.3, -0.25) is 13.2 Å². The molecule has 0 aliphatic heterocycles. The minimum absolute atomic E-state index is 0. The fourth-order valence-electron chi connectivity index (χ4n) is 0.212. The standard InChI is InChI=1S/C3H6O4S2.K/c4-3(5)1-2-9(6,7)8;/h1-2H2,(H,4,5)(H,6,7,8);/q;+1/p-1. The maximum Gasteiger partial charge on any atom is 1.00 e. The number of rotatable bonds is 3. The minimum atomic E-state index is -3.52. The van der Waals surface area contributed by atoms with Gasteiger partial charge in [0.25, 0.3) is 0 Å². The molecule has 1 N–H and O–H groups in total. The molecule has 0 aromatic heterocycles. The number of aliphatic carboxylic acids is 1. The summed E-state index contributed by atoms with van der Waals surface area (Å²) in [6.45, 7) is 0. The summed E-state index contributed by atoms with van der Waals surface area (Å²) in [6, 6.07) is 0. The molecule has 0 heterocycles. The van der Waals surface area contributed by atoms with Gasteiger partial charge in [-0.2, -0.15) is 0 Å². The van der Waals surface area contributed by atoms with Crippen molar-refractivity contribution in [2.75, 3.05) is 5.75 Å². The maximum absolute atomic E-state index is 10.1. The molecule has 0 atom stereocenters. The first kappa shape index (κ1) is 14.0. The van der Waals surface area contributed by atoms with Crippen molar-refractivity contribution in [1.82, 2.24) is 0 Å². The number of hydrogen-bond donors (Lipinski definition) is 1. The second-order valence-corrected chi connectivity index (χ2v) is 4.45.